The Hall–Kier alpha value is -2.95. The average Bonchev–Trinajstić information content (AvgIpc) is 3.06. The maximum atomic E-state index is 13.3. The van der Waals surface area contributed by atoms with Crippen molar-refractivity contribution in [1.29, 1.82) is 0 Å². The predicted octanol–water partition coefficient (Wildman–Crippen LogP) is 3.92. The Labute approximate surface area is 152 Å². The molecule has 1 aliphatic heterocycles. The Morgan fingerprint density at radius 1 is 0.769 bits per heavy atom. The summed E-state index contributed by atoms with van der Waals surface area (Å²) < 4.78 is 5.83. The molecule has 26 heavy (non-hydrogen) atoms. The van der Waals surface area contributed by atoms with Crippen molar-refractivity contribution in [2.45, 2.75) is 18.6 Å². The fraction of sp³-hybridized carbons (Fsp3) is 0.136. The minimum absolute atomic E-state index is 0.176. The summed E-state index contributed by atoms with van der Waals surface area (Å²) in [6.45, 7) is 0. The number of ether oxygens (including phenoxy) is 1. The lowest BCUT2D eigenvalue weighted by Gasteiger charge is -2.29. The van der Waals surface area contributed by atoms with Crippen LogP contribution in [0.25, 0.3) is 0 Å². The number of nitrogens with zero attached hydrogens (tertiary/aromatic N) is 1. The van der Waals surface area contributed by atoms with Gasteiger partial charge in [0.25, 0.3) is 5.91 Å². The first-order valence-electron chi connectivity index (χ1n) is 8.57. The highest BCUT2D eigenvalue weighted by molar-refractivity contribution is 5.94. The van der Waals surface area contributed by atoms with Gasteiger partial charge in [0, 0.05) is 11.1 Å². The van der Waals surface area contributed by atoms with Crippen molar-refractivity contribution in [3.05, 3.63) is 108 Å². The van der Waals surface area contributed by atoms with E-state index in [1.54, 1.807) is 17.0 Å². The molecular weight excluding hydrogens is 326 g/mol. The number of amides is 1. The van der Waals surface area contributed by atoms with Gasteiger partial charge in [0.1, 0.15) is 6.04 Å². The fourth-order valence-electron chi connectivity index (χ4n) is 3.35. The second-order valence-corrected chi connectivity index (χ2v) is 6.22. The summed E-state index contributed by atoms with van der Waals surface area (Å²) in [4.78, 5) is 14.9. The lowest BCUT2D eigenvalue weighted by Crippen LogP contribution is -2.35. The molecule has 0 radical (unpaired) electrons. The number of carbonyl (C=O) groups excluding carboxylic acids is 1. The van der Waals surface area contributed by atoms with Crippen LogP contribution in [0, 0.1) is 0 Å². The molecular formula is C22H19NO3. The number of rotatable bonds is 3. The Bertz CT molecular complexity index is 868. The molecule has 3 aromatic rings. The summed E-state index contributed by atoms with van der Waals surface area (Å²) in [7, 11) is 0. The van der Waals surface area contributed by atoms with E-state index in [4.69, 9.17) is 4.74 Å². The van der Waals surface area contributed by atoms with Crippen LogP contribution < -0.4 is 0 Å². The maximum absolute atomic E-state index is 13.3. The fourth-order valence-corrected chi connectivity index (χ4v) is 3.35. The van der Waals surface area contributed by atoms with Crippen LogP contribution in [0.5, 0.6) is 0 Å². The minimum atomic E-state index is -1.10. The Kier molecular flexibility index (Phi) is 4.52. The molecule has 4 rings (SSSR count). The van der Waals surface area contributed by atoms with Crippen molar-refractivity contribution in [2.24, 2.45) is 0 Å². The van der Waals surface area contributed by atoms with E-state index in [-0.39, 0.29) is 5.91 Å². The number of benzene rings is 3. The van der Waals surface area contributed by atoms with Crippen LogP contribution in [0.1, 0.15) is 33.8 Å². The summed E-state index contributed by atoms with van der Waals surface area (Å²) in [5.74, 6) is -0.176. The summed E-state index contributed by atoms with van der Waals surface area (Å²) in [5, 5.41) is 10.6. The van der Waals surface area contributed by atoms with Gasteiger partial charge in [-0.25, -0.2) is 0 Å². The van der Waals surface area contributed by atoms with Crippen molar-refractivity contribution in [3.8, 4) is 0 Å². The first-order valence-corrected chi connectivity index (χ1v) is 8.57. The number of aliphatic hydroxyl groups excluding tert-OH is 1. The quantitative estimate of drug-likeness (QED) is 0.783. The third-order valence-electron chi connectivity index (χ3n) is 4.57. The molecule has 0 bridgehead atoms. The van der Waals surface area contributed by atoms with Gasteiger partial charge in [-0.2, -0.15) is 0 Å². The van der Waals surface area contributed by atoms with Gasteiger partial charge in [-0.3, -0.25) is 9.69 Å². The lowest BCUT2D eigenvalue weighted by atomic mass is 10.0. The third-order valence-corrected chi connectivity index (χ3v) is 4.57. The van der Waals surface area contributed by atoms with Gasteiger partial charge in [-0.15, -0.1) is 0 Å². The first-order chi connectivity index (χ1) is 12.8. The first kappa shape index (κ1) is 16.5. The molecule has 1 heterocycles. The molecule has 130 valence electrons. The van der Waals surface area contributed by atoms with Gasteiger partial charge in [0.05, 0.1) is 0 Å². The van der Waals surface area contributed by atoms with Crippen LogP contribution in [0.15, 0.2) is 91.0 Å². The number of hydrogen-bond donors (Lipinski definition) is 1. The van der Waals surface area contributed by atoms with Crippen LogP contribution in [0.3, 0.4) is 0 Å². The molecule has 1 saturated heterocycles. The molecule has 2 unspecified atom stereocenters. The van der Waals surface area contributed by atoms with Gasteiger partial charge in [0.2, 0.25) is 0 Å². The van der Waals surface area contributed by atoms with E-state index in [1.807, 2.05) is 78.9 Å². The smallest absolute Gasteiger partial charge is 0.256 e. The Morgan fingerprint density at radius 3 is 1.85 bits per heavy atom. The summed E-state index contributed by atoms with van der Waals surface area (Å²) in [6.07, 6.45) is -1.75. The van der Waals surface area contributed by atoms with E-state index >= 15 is 0 Å². The Morgan fingerprint density at radius 2 is 1.27 bits per heavy atom. The molecule has 4 nitrogen and oxygen atoms in total. The van der Waals surface area contributed by atoms with E-state index < -0.39 is 18.6 Å². The summed E-state index contributed by atoms with van der Waals surface area (Å²) in [6, 6.07) is 27.5. The number of aliphatic hydroxyl groups is 1. The number of hydrogen-bond acceptors (Lipinski definition) is 3. The average molecular weight is 345 g/mol. The molecule has 1 amide bonds. The van der Waals surface area contributed by atoms with Crippen LogP contribution in [0.2, 0.25) is 0 Å². The SMILES string of the molecule is O=C(c1ccccc1)N1C(c2ccccc2)OC(O)[C@H]1c1ccccc1. The zero-order valence-electron chi connectivity index (χ0n) is 14.1. The molecule has 3 atom stereocenters. The van der Waals surface area contributed by atoms with Gasteiger partial charge in [-0.05, 0) is 17.7 Å². The molecule has 4 heteroatoms. The normalized spacial score (nSPS) is 22.3. The summed E-state index contributed by atoms with van der Waals surface area (Å²) >= 11 is 0. The Balaban J connectivity index is 1.79. The van der Waals surface area contributed by atoms with E-state index in [2.05, 4.69) is 0 Å². The van der Waals surface area contributed by atoms with E-state index in [0.29, 0.717) is 5.56 Å². The maximum Gasteiger partial charge on any atom is 0.256 e. The van der Waals surface area contributed by atoms with Crippen molar-refractivity contribution in [1.82, 2.24) is 4.90 Å². The summed E-state index contributed by atoms with van der Waals surface area (Å²) in [5.41, 5.74) is 2.23. The van der Waals surface area contributed by atoms with E-state index in [9.17, 15) is 9.90 Å². The van der Waals surface area contributed by atoms with Gasteiger partial charge in [-0.1, -0.05) is 78.9 Å². The second kappa shape index (κ2) is 7.12. The van der Waals surface area contributed by atoms with Crippen molar-refractivity contribution in [3.63, 3.8) is 0 Å². The van der Waals surface area contributed by atoms with Crippen LogP contribution >= 0.6 is 0 Å². The topological polar surface area (TPSA) is 49.8 Å². The predicted molar refractivity (Wildman–Crippen MR) is 98.1 cm³/mol. The van der Waals surface area contributed by atoms with Crippen LogP contribution in [-0.2, 0) is 4.74 Å². The second-order valence-electron chi connectivity index (χ2n) is 6.22. The van der Waals surface area contributed by atoms with Crippen molar-refractivity contribution >= 4 is 5.91 Å². The largest absolute Gasteiger partial charge is 0.366 e. The molecule has 1 N–H and O–H groups in total. The van der Waals surface area contributed by atoms with Crippen LogP contribution in [0.4, 0.5) is 0 Å². The molecule has 0 spiro atoms. The van der Waals surface area contributed by atoms with Gasteiger partial charge >= 0.3 is 0 Å². The minimum Gasteiger partial charge on any atom is -0.366 e. The third kappa shape index (κ3) is 3.01. The zero-order chi connectivity index (χ0) is 17.9. The van der Waals surface area contributed by atoms with Crippen molar-refractivity contribution in [2.75, 3.05) is 0 Å². The standard InChI is InChI=1S/C22H19NO3/c24-20(17-12-6-2-7-13-17)23-19(16-10-4-1-5-11-16)22(25)26-21(23)18-14-8-3-9-15-18/h1-15,19,21-22,25H/t19-,21?,22?/m1/s1. The molecule has 0 aliphatic carbocycles. The van der Waals surface area contributed by atoms with E-state index in [0.717, 1.165) is 11.1 Å². The van der Waals surface area contributed by atoms with E-state index in [1.165, 1.54) is 0 Å². The van der Waals surface area contributed by atoms with Crippen LogP contribution in [-0.4, -0.2) is 22.2 Å². The van der Waals surface area contributed by atoms with Gasteiger partial charge < -0.3 is 9.84 Å². The number of carbonyl (C=O) groups is 1. The monoisotopic (exact) mass is 345 g/mol. The lowest BCUT2D eigenvalue weighted by molar-refractivity contribution is -0.102. The zero-order valence-corrected chi connectivity index (χ0v) is 14.1. The highest BCUT2D eigenvalue weighted by Crippen LogP contribution is 2.42. The molecule has 0 aromatic heterocycles. The molecule has 1 aliphatic rings. The van der Waals surface area contributed by atoms with Crippen molar-refractivity contribution < 1.29 is 14.6 Å². The molecule has 1 fully saturated rings. The highest BCUT2D eigenvalue weighted by Gasteiger charge is 2.45. The van der Waals surface area contributed by atoms with Gasteiger partial charge in [0.15, 0.2) is 12.5 Å². The highest BCUT2D eigenvalue weighted by atomic mass is 16.6. The molecule has 0 saturated carbocycles. The molecule has 3 aromatic carbocycles.